The molecule has 0 saturated heterocycles. The van der Waals surface area contributed by atoms with Crippen LogP contribution in [0.5, 0.6) is 0 Å². The van der Waals surface area contributed by atoms with E-state index in [2.05, 4.69) is 37.4 Å². The number of alkyl halides is 1. The van der Waals surface area contributed by atoms with Crippen LogP contribution in [0, 0.1) is 0 Å². The first-order valence-corrected chi connectivity index (χ1v) is 7.56. The monoisotopic (exact) mass is 327 g/mol. The van der Waals surface area contributed by atoms with Gasteiger partial charge in [0.25, 0.3) is 0 Å². The molecule has 2 aromatic rings. The third kappa shape index (κ3) is 1.86. The lowest BCUT2D eigenvalue weighted by molar-refractivity contribution is 0.329. The summed E-state index contributed by atoms with van der Waals surface area (Å²) in [6.45, 7) is 2.29. The summed E-state index contributed by atoms with van der Waals surface area (Å²) < 4.78 is 3.21. The van der Waals surface area contributed by atoms with E-state index in [1.807, 2.05) is 12.3 Å². The van der Waals surface area contributed by atoms with E-state index < -0.39 is 0 Å². The maximum absolute atomic E-state index is 6.06. The minimum atomic E-state index is 0.125. The quantitative estimate of drug-likeness (QED) is 0.773. The van der Waals surface area contributed by atoms with Crippen LogP contribution in [-0.2, 0) is 11.4 Å². The number of pyridine rings is 1. The lowest BCUT2D eigenvalue weighted by Crippen LogP contribution is -2.28. The average molecular weight is 329 g/mol. The molecule has 0 spiro atoms. The number of aromatic nitrogens is 3. The zero-order valence-electron chi connectivity index (χ0n) is 10.3. The molecule has 3 nitrogen and oxygen atoms in total. The first-order valence-electron chi connectivity index (χ1n) is 6.23. The number of hydrogen-bond acceptors (Lipinski definition) is 2. The Balaban J connectivity index is 2.25. The molecular formula is C13H15BrClN3. The van der Waals surface area contributed by atoms with Gasteiger partial charge in [0, 0.05) is 16.2 Å². The highest BCUT2D eigenvalue weighted by molar-refractivity contribution is 9.10. The van der Waals surface area contributed by atoms with Gasteiger partial charge in [-0.3, -0.25) is 0 Å². The summed E-state index contributed by atoms with van der Waals surface area (Å²) in [5, 5.41) is 0. The molecule has 18 heavy (non-hydrogen) atoms. The van der Waals surface area contributed by atoms with Crippen molar-refractivity contribution in [1.29, 1.82) is 0 Å². The topological polar surface area (TPSA) is 30.7 Å². The van der Waals surface area contributed by atoms with Crippen molar-refractivity contribution in [3.8, 4) is 0 Å². The third-order valence-corrected chi connectivity index (χ3v) is 4.55. The Morgan fingerprint density at radius 2 is 2.17 bits per heavy atom. The second kappa shape index (κ2) is 4.49. The van der Waals surface area contributed by atoms with Gasteiger partial charge in [-0.2, -0.15) is 0 Å². The molecule has 0 aliphatic heterocycles. The normalized spacial score (nSPS) is 18.6. The maximum atomic E-state index is 6.06. The van der Waals surface area contributed by atoms with Crippen molar-refractivity contribution in [2.24, 2.45) is 0 Å². The van der Waals surface area contributed by atoms with Crippen LogP contribution in [0.1, 0.15) is 38.4 Å². The molecular weight excluding hydrogens is 314 g/mol. The van der Waals surface area contributed by atoms with Crippen molar-refractivity contribution in [3.05, 3.63) is 22.6 Å². The van der Waals surface area contributed by atoms with E-state index in [9.17, 15) is 0 Å². The van der Waals surface area contributed by atoms with Crippen LogP contribution >= 0.6 is 27.5 Å². The number of hydrogen-bond donors (Lipinski definition) is 0. The second-order valence-corrected chi connectivity index (χ2v) is 6.38. The smallest absolute Gasteiger partial charge is 0.160 e. The number of rotatable bonds is 2. The van der Waals surface area contributed by atoms with E-state index in [0.29, 0.717) is 5.88 Å². The van der Waals surface area contributed by atoms with Crippen LogP contribution in [0.25, 0.3) is 11.2 Å². The minimum absolute atomic E-state index is 0.125. The Hall–Kier alpha value is -0.610. The fourth-order valence-electron chi connectivity index (χ4n) is 3.00. The third-order valence-electron chi connectivity index (χ3n) is 3.87. The van der Waals surface area contributed by atoms with Crippen LogP contribution in [-0.4, -0.2) is 14.5 Å². The van der Waals surface area contributed by atoms with E-state index >= 15 is 0 Å². The van der Waals surface area contributed by atoms with Gasteiger partial charge in [0.2, 0.25) is 0 Å². The molecule has 5 heteroatoms. The highest BCUT2D eigenvalue weighted by Gasteiger charge is 2.34. The maximum Gasteiger partial charge on any atom is 0.160 e. The largest absolute Gasteiger partial charge is 0.306 e. The van der Waals surface area contributed by atoms with Gasteiger partial charge in [-0.1, -0.05) is 12.8 Å². The lowest BCUT2D eigenvalue weighted by Gasteiger charge is -2.27. The summed E-state index contributed by atoms with van der Waals surface area (Å²) in [5.74, 6) is 1.37. The molecule has 1 fully saturated rings. The summed E-state index contributed by atoms with van der Waals surface area (Å²) in [5.41, 5.74) is 2.01. The first-order chi connectivity index (χ1) is 8.64. The fraction of sp³-hybridized carbons (Fsp3) is 0.538. The second-order valence-electron chi connectivity index (χ2n) is 5.20. The molecule has 1 saturated carbocycles. The van der Waals surface area contributed by atoms with Gasteiger partial charge in [0.1, 0.15) is 11.3 Å². The Kier molecular flexibility index (Phi) is 3.10. The van der Waals surface area contributed by atoms with Crippen molar-refractivity contribution in [3.63, 3.8) is 0 Å². The summed E-state index contributed by atoms with van der Waals surface area (Å²) >= 11 is 9.50. The number of halogens is 2. The Bertz CT molecular complexity index is 587. The summed E-state index contributed by atoms with van der Waals surface area (Å²) in [7, 11) is 0. The molecule has 96 valence electrons. The van der Waals surface area contributed by atoms with Gasteiger partial charge in [-0.15, -0.1) is 11.6 Å². The zero-order chi connectivity index (χ0) is 12.8. The van der Waals surface area contributed by atoms with Crippen molar-refractivity contribution < 1.29 is 0 Å². The lowest BCUT2D eigenvalue weighted by atomic mass is 10.00. The molecule has 1 aliphatic carbocycles. The molecule has 0 atom stereocenters. The highest BCUT2D eigenvalue weighted by atomic mass is 79.9. The van der Waals surface area contributed by atoms with Crippen molar-refractivity contribution in [2.45, 2.75) is 44.0 Å². The van der Waals surface area contributed by atoms with E-state index in [1.54, 1.807) is 0 Å². The zero-order valence-corrected chi connectivity index (χ0v) is 12.6. The van der Waals surface area contributed by atoms with Gasteiger partial charge in [-0.05, 0) is 41.8 Å². The SMILES string of the molecule is CC1(n2c(CCl)nc3cc(Br)cnc32)CCCC1. The summed E-state index contributed by atoms with van der Waals surface area (Å²) in [4.78, 5) is 9.15. The van der Waals surface area contributed by atoms with E-state index in [1.165, 1.54) is 25.7 Å². The molecule has 3 rings (SSSR count). The standard InChI is InChI=1S/C13H15BrClN3/c1-13(4-2-3-5-13)18-11(7-15)17-10-6-9(14)8-16-12(10)18/h6,8H,2-5,7H2,1H3. The average Bonchev–Trinajstić information content (AvgIpc) is 2.92. The Morgan fingerprint density at radius 1 is 1.44 bits per heavy atom. The number of fused-ring (bicyclic) bond motifs is 1. The number of nitrogens with zero attached hydrogens (tertiary/aromatic N) is 3. The molecule has 0 radical (unpaired) electrons. The van der Waals surface area contributed by atoms with E-state index in [-0.39, 0.29) is 5.54 Å². The van der Waals surface area contributed by atoms with Crippen LogP contribution in [0.3, 0.4) is 0 Å². The van der Waals surface area contributed by atoms with Gasteiger partial charge in [0.15, 0.2) is 5.65 Å². The molecule has 2 aromatic heterocycles. The Morgan fingerprint density at radius 3 is 2.83 bits per heavy atom. The molecule has 0 N–H and O–H groups in total. The minimum Gasteiger partial charge on any atom is -0.306 e. The van der Waals surface area contributed by atoms with Gasteiger partial charge in [-0.25, -0.2) is 9.97 Å². The highest BCUT2D eigenvalue weighted by Crippen LogP contribution is 2.39. The van der Waals surface area contributed by atoms with Crippen LogP contribution in [0.2, 0.25) is 0 Å². The van der Waals surface area contributed by atoms with Crippen molar-refractivity contribution in [2.75, 3.05) is 0 Å². The molecule has 0 amide bonds. The van der Waals surface area contributed by atoms with Crippen molar-refractivity contribution in [1.82, 2.24) is 14.5 Å². The molecule has 2 heterocycles. The molecule has 0 unspecified atom stereocenters. The predicted molar refractivity (Wildman–Crippen MR) is 76.9 cm³/mol. The Labute approximate surface area is 120 Å². The molecule has 0 bridgehead atoms. The summed E-state index contributed by atoms with van der Waals surface area (Å²) in [6, 6.07) is 2.01. The fourth-order valence-corrected chi connectivity index (χ4v) is 3.50. The van der Waals surface area contributed by atoms with E-state index in [4.69, 9.17) is 11.6 Å². The van der Waals surface area contributed by atoms with Gasteiger partial charge in [0.05, 0.1) is 5.88 Å². The molecule has 1 aliphatic rings. The van der Waals surface area contributed by atoms with Gasteiger partial charge >= 0.3 is 0 Å². The van der Waals surface area contributed by atoms with E-state index in [0.717, 1.165) is 21.5 Å². The van der Waals surface area contributed by atoms with Crippen LogP contribution in [0.4, 0.5) is 0 Å². The number of imidazole rings is 1. The summed E-state index contributed by atoms with van der Waals surface area (Å²) in [6.07, 6.45) is 6.74. The van der Waals surface area contributed by atoms with Crippen molar-refractivity contribution >= 4 is 38.7 Å². The van der Waals surface area contributed by atoms with Crippen LogP contribution < -0.4 is 0 Å². The van der Waals surface area contributed by atoms with Crippen LogP contribution in [0.15, 0.2) is 16.7 Å². The molecule has 0 aromatic carbocycles. The first kappa shape index (κ1) is 12.4. The van der Waals surface area contributed by atoms with Gasteiger partial charge < -0.3 is 4.57 Å². The predicted octanol–water partition coefficient (Wildman–Crippen LogP) is 4.22.